The van der Waals surface area contributed by atoms with E-state index in [2.05, 4.69) is 5.32 Å². The van der Waals surface area contributed by atoms with Crippen molar-refractivity contribution in [1.82, 2.24) is 13.7 Å². The molecule has 0 fully saturated rings. The van der Waals surface area contributed by atoms with E-state index < -0.39 is 11.2 Å². The van der Waals surface area contributed by atoms with Gasteiger partial charge in [-0.1, -0.05) is 35.4 Å². The number of nitrogens with zero attached hydrogens (tertiary/aromatic N) is 3. The number of benzene rings is 3. The van der Waals surface area contributed by atoms with E-state index >= 15 is 0 Å². The molecule has 0 saturated heterocycles. The fraction of sp³-hybridized carbons (Fsp3) is 0.207. The number of anilines is 1. The molecule has 0 saturated carbocycles. The summed E-state index contributed by atoms with van der Waals surface area (Å²) in [5.74, 6) is 0.214. The van der Waals surface area contributed by atoms with Crippen molar-refractivity contribution in [1.29, 1.82) is 0 Å². The van der Waals surface area contributed by atoms with Crippen LogP contribution in [0.2, 0.25) is 0 Å². The summed E-state index contributed by atoms with van der Waals surface area (Å²) >= 11 is 0. The van der Waals surface area contributed by atoms with Gasteiger partial charge in [0, 0.05) is 18.1 Å². The molecule has 8 heteroatoms. The van der Waals surface area contributed by atoms with Crippen LogP contribution in [-0.2, 0) is 18.4 Å². The normalized spacial score (nSPS) is 11.3. The maximum atomic E-state index is 13.9. The van der Waals surface area contributed by atoms with Crippen molar-refractivity contribution in [3.8, 4) is 11.4 Å². The molecule has 0 aliphatic carbocycles. The van der Waals surface area contributed by atoms with Crippen LogP contribution >= 0.6 is 0 Å². The van der Waals surface area contributed by atoms with Gasteiger partial charge in [0.15, 0.2) is 0 Å². The number of hydrogen-bond donors (Lipinski definition) is 1. The highest BCUT2D eigenvalue weighted by Gasteiger charge is 2.23. The maximum absolute atomic E-state index is 13.9. The Morgan fingerprint density at radius 3 is 2.27 bits per heavy atom. The molecule has 1 N–H and O–H groups in total. The fourth-order valence-electron chi connectivity index (χ4n) is 4.81. The van der Waals surface area contributed by atoms with Gasteiger partial charge in [0.1, 0.15) is 17.8 Å². The van der Waals surface area contributed by atoms with Crippen molar-refractivity contribution >= 4 is 33.5 Å². The van der Waals surface area contributed by atoms with Gasteiger partial charge < -0.3 is 14.6 Å². The van der Waals surface area contributed by atoms with Crippen LogP contribution in [0.15, 0.2) is 70.3 Å². The molecule has 0 bridgehead atoms. The number of aryl methyl sites for hydroxylation is 4. The van der Waals surface area contributed by atoms with Crippen LogP contribution in [0.3, 0.4) is 0 Å². The van der Waals surface area contributed by atoms with Crippen molar-refractivity contribution in [2.24, 2.45) is 7.05 Å². The molecule has 5 aromatic rings. The molecule has 0 spiro atoms. The Balaban J connectivity index is 1.77. The molecule has 1 amide bonds. The van der Waals surface area contributed by atoms with Crippen molar-refractivity contribution in [3.05, 3.63) is 98.2 Å². The largest absolute Gasteiger partial charge is 0.497 e. The van der Waals surface area contributed by atoms with Gasteiger partial charge in [0.25, 0.3) is 5.56 Å². The molecule has 37 heavy (non-hydrogen) atoms. The van der Waals surface area contributed by atoms with E-state index in [1.165, 1.54) is 4.57 Å². The number of carbonyl (C=O) groups excluding carboxylic acids is 1. The summed E-state index contributed by atoms with van der Waals surface area (Å²) in [4.78, 5) is 41.0. The lowest BCUT2D eigenvalue weighted by molar-refractivity contribution is -0.116. The average Bonchev–Trinajstić information content (AvgIpc) is 3.16. The molecule has 2 aromatic heterocycles. The minimum Gasteiger partial charge on any atom is -0.497 e. The van der Waals surface area contributed by atoms with Crippen LogP contribution in [0.4, 0.5) is 5.69 Å². The second-order valence-corrected chi connectivity index (χ2v) is 9.35. The minimum absolute atomic E-state index is 0.273. The van der Waals surface area contributed by atoms with Crippen molar-refractivity contribution in [2.45, 2.75) is 27.3 Å². The highest BCUT2D eigenvalue weighted by molar-refractivity contribution is 6.07. The summed E-state index contributed by atoms with van der Waals surface area (Å²) in [5.41, 5.74) is 4.54. The molecule has 0 atom stereocenters. The Morgan fingerprint density at radius 1 is 0.892 bits per heavy atom. The van der Waals surface area contributed by atoms with E-state index in [0.29, 0.717) is 33.5 Å². The molecule has 0 aliphatic rings. The third kappa shape index (κ3) is 4.10. The van der Waals surface area contributed by atoms with Gasteiger partial charge >= 0.3 is 5.69 Å². The Bertz CT molecular complexity index is 1810. The van der Waals surface area contributed by atoms with Crippen molar-refractivity contribution < 1.29 is 9.53 Å². The summed E-state index contributed by atoms with van der Waals surface area (Å²) in [7, 11) is 3.34. The van der Waals surface area contributed by atoms with Crippen molar-refractivity contribution in [3.63, 3.8) is 0 Å². The molecular formula is C29H28N4O4. The number of hydrogen-bond acceptors (Lipinski definition) is 4. The molecule has 8 nitrogen and oxygen atoms in total. The number of nitrogens with one attached hydrogen (secondary N) is 1. The lowest BCUT2D eigenvalue weighted by Gasteiger charge is -2.14. The van der Waals surface area contributed by atoms with Gasteiger partial charge in [0.2, 0.25) is 5.91 Å². The van der Waals surface area contributed by atoms with Crippen LogP contribution in [-0.4, -0.2) is 26.7 Å². The van der Waals surface area contributed by atoms with Crippen LogP contribution in [0.5, 0.6) is 5.75 Å². The number of amides is 1. The Kier molecular flexibility index (Phi) is 5.95. The van der Waals surface area contributed by atoms with Gasteiger partial charge in [-0.3, -0.25) is 14.2 Å². The zero-order valence-corrected chi connectivity index (χ0v) is 21.5. The summed E-state index contributed by atoms with van der Waals surface area (Å²) in [6, 6.07) is 18.3. The standard InChI is InChI=1S/C29H28N4O4/c1-17-6-9-20(10-7-17)33-28(35)27-26(22-15-21(37-5)11-13-24(22)31(27)4)32(29(33)36)16-25(34)30-23-12-8-18(2)14-19(23)3/h6-15H,16H2,1-5H3,(H,30,34). The van der Waals surface area contributed by atoms with Gasteiger partial charge in [-0.25, -0.2) is 9.36 Å². The minimum atomic E-state index is -0.590. The quantitative estimate of drug-likeness (QED) is 0.395. The molecule has 188 valence electrons. The lowest BCUT2D eigenvalue weighted by atomic mass is 10.1. The van der Waals surface area contributed by atoms with E-state index in [1.807, 2.05) is 57.2 Å². The lowest BCUT2D eigenvalue weighted by Crippen LogP contribution is -2.41. The number of fused-ring (bicyclic) bond motifs is 3. The SMILES string of the molecule is COc1ccc2c(c1)c1c(c(=O)n(-c3ccc(C)cc3)c(=O)n1CC(=O)Nc1ccc(C)cc1C)n2C. The van der Waals surface area contributed by atoms with Crippen LogP contribution < -0.4 is 21.3 Å². The fourth-order valence-corrected chi connectivity index (χ4v) is 4.81. The first-order valence-corrected chi connectivity index (χ1v) is 12.0. The maximum Gasteiger partial charge on any atom is 0.336 e. The topological polar surface area (TPSA) is 87.3 Å². The van der Waals surface area contributed by atoms with Crippen LogP contribution in [0.25, 0.3) is 27.6 Å². The van der Waals surface area contributed by atoms with Gasteiger partial charge in [-0.2, -0.15) is 0 Å². The molecule has 0 aliphatic heterocycles. The molecular weight excluding hydrogens is 468 g/mol. The van der Waals surface area contributed by atoms with Crippen LogP contribution in [0, 0.1) is 20.8 Å². The Labute approximate surface area is 213 Å². The van der Waals surface area contributed by atoms with Crippen LogP contribution in [0.1, 0.15) is 16.7 Å². The average molecular weight is 497 g/mol. The highest BCUT2D eigenvalue weighted by atomic mass is 16.5. The van der Waals surface area contributed by atoms with E-state index in [4.69, 9.17) is 4.74 Å². The third-order valence-corrected chi connectivity index (χ3v) is 6.73. The third-order valence-electron chi connectivity index (χ3n) is 6.73. The number of rotatable bonds is 5. The predicted octanol–water partition coefficient (Wildman–Crippen LogP) is 4.22. The van der Waals surface area contributed by atoms with Gasteiger partial charge in [-0.05, 0) is 62.7 Å². The van der Waals surface area contributed by atoms with E-state index in [9.17, 15) is 14.4 Å². The Hall–Kier alpha value is -4.59. The summed E-state index contributed by atoms with van der Waals surface area (Å²) < 4.78 is 9.67. The predicted molar refractivity (Wildman–Crippen MR) is 146 cm³/mol. The van der Waals surface area contributed by atoms with Gasteiger partial charge in [0.05, 0.1) is 23.8 Å². The molecule has 0 radical (unpaired) electrons. The highest BCUT2D eigenvalue weighted by Crippen LogP contribution is 2.29. The first-order chi connectivity index (χ1) is 17.7. The van der Waals surface area contributed by atoms with Gasteiger partial charge in [-0.15, -0.1) is 0 Å². The molecule has 2 heterocycles. The van der Waals surface area contributed by atoms with E-state index in [-0.39, 0.29) is 12.5 Å². The van der Waals surface area contributed by atoms with Crippen molar-refractivity contribution in [2.75, 3.05) is 12.4 Å². The summed E-state index contributed by atoms with van der Waals surface area (Å²) in [5, 5.41) is 3.57. The molecule has 5 rings (SSSR count). The second-order valence-electron chi connectivity index (χ2n) is 9.35. The number of aromatic nitrogens is 3. The zero-order valence-electron chi connectivity index (χ0n) is 21.5. The molecule has 0 unspecified atom stereocenters. The number of carbonyl (C=O) groups is 1. The first kappa shape index (κ1) is 24.1. The number of methoxy groups -OCH3 is 1. The second kappa shape index (κ2) is 9.13. The summed E-state index contributed by atoms with van der Waals surface area (Å²) in [6.45, 7) is 5.56. The smallest absolute Gasteiger partial charge is 0.336 e. The Morgan fingerprint density at radius 2 is 1.59 bits per heavy atom. The van der Waals surface area contributed by atoms with E-state index in [0.717, 1.165) is 26.8 Å². The monoisotopic (exact) mass is 496 g/mol. The molecule has 3 aromatic carbocycles. The zero-order chi connectivity index (χ0) is 26.4. The van der Waals surface area contributed by atoms with E-state index in [1.54, 1.807) is 43.0 Å². The first-order valence-electron chi connectivity index (χ1n) is 12.0. The summed E-state index contributed by atoms with van der Waals surface area (Å²) in [6.07, 6.45) is 0. The number of ether oxygens (including phenoxy) is 1.